The van der Waals surface area contributed by atoms with E-state index in [9.17, 15) is 9.59 Å². The lowest BCUT2D eigenvalue weighted by Gasteiger charge is -2.34. The summed E-state index contributed by atoms with van der Waals surface area (Å²) in [5, 5.41) is 17.8. The van der Waals surface area contributed by atoms with Crippen molar-refractivity contribution in [3.63, 3.8) is 0 Å². The minimum Gasteiger partial charge on any atom is -0.481 e. The van der Waals surface area contributed by atoms with Gasteiger partial charge in [0, 0.05) is 6.42 Å². The predicted octanol–water partition coefficient (Wildman–Crippen LogP) is -0.323. The van der Waals surface area contributed by atoms with Gasteiger partial charge in [0.25, 0.3) is 0 Å². The number of carbonyl (C=O) groups is 2. The maximum absolute atomic E-state index is 11.0. The smallest absolute Gasteiger partial charge is 0.337 e. The molecule has 3 atom stereocenters. The molecular weight excluding hydrogens is 192 g/mol. The lowest BCUT2D eigenvalue weighted by atomic mass is 9.85. The fourth-order valence-electron chi connectivity index (χ4n) is 1.97. The number of hydrogen-bond acceptors (Lipinski definition) is 4. The zero-order chi connectivity index (χ0) is 10.3. The van der Waals surface area contributed by atoms with Gasteiger partial charge in [0.15, 0.2) is 11.9 Å². The van der Waals surface area contributed by atoms with Gasteiger partial charge in [0.05, 0.1) is 6.61 Å². The molecule has 0 aromatic heterocycles. The maximum atomic E-state index is 11.0. The van der Waals surface area contributed by atoms with Gasteiger partial charge in [-0.15, -0.1) is 0 Å². The normalized spacial score (nSPS) is 40.9. The first-order chi connectivity index (χ1) is 6.56. The van der Waals surface area contributed by atoms with E-state index in [-0.39, 0.29) is 13.0 Å². The molecule has 0 aliphatic carbocycles. The van der Waals surface area contributed by atoms with Crippen LogP contribution < -0.4 is 0 Å². The van der Waals surface area contributed by atoms with Crippen molar-refractivity contribution < 1.29 is 29.3 Å². The van der Waals surface area contributed by atoms with Crippen LogP contribution in [-0.2, 0) is 19.1 Å². The van der Waals surface area contributed by atoms with Gasteiger partial charge in [-0.3, -0.25) is 4.79 Å². The van der Waals surface area contributed by atoms with Gasteiger partial charge >= 0.3 is 11.9 Å². The second kappa shape index (κ2) is 2.93. The number of carboxylic acids is 2. The molecule has 0 aromatic rings. The maximum Gasteiger partial charge on any atom is 0.337 e. The fourth-order valence-corrected chi connectivity index (χ4v) is 1.97. The Bertz CT molecular complexity index is 286. The van der Waals surface area contributed by atoms with E-state index < -0.39 is 29.7 Å². The molecule has 2 bridgehead atoms. The summed E-state index contributed by atoms with van der Waals surface area (Å²) in [6.45, 7) is -0.0910. The quantitative estimate of drug-likeness (QED) is 0.637. The third-order valence-electron chi connectivity index (χ3n) is 2.76. The Hall–Kier alpha value is -1.14. The van der Waals surface area contributed by atoms with Crippen LogP contribution in [0.15, 0.2) is 0 Å². The first-order valence-corrected chi connectivity index (χ1v) is 4.32. The number of ether oxygens (including phenoxy) is 2. The molecule has 2 rings (SSSR count). The third-order valence-corrected chi connectivity index (χ3v) is 2.76. The van der Waals surface area contributed by atoms with Crippen molar-refractivity contribution in [3.8, 4) is 0 Å². The first-order valence-electron chi connectivity index (χ1n) is 4.32. The zero-order valence-corrected chi connectivity index (χ0v) is 7.30. The molecule has 3 unspecified atom stereocenters. The molecular formula is C8H10O6. The summed E-state index contributed by atoms with van der Waals surface area (Å²) >= 11 is 0. The van der Waals surface area contributed by atoms with Gasteiger partial charge in [-0.1, -0.05) is 0 Å². The van der Waals surface area contributed by atoms with Crippen molar-refractivity contribution in [1.29, 1.82) is 0 Å². The summed E-state index contributed by atoms with van der Waals surface area (Å²) in [5.74, 6) is -3.51. The van der Waals surface area contributed by atoms with Crippen LogP contribution >= 0.6 is 0 Å². The lowest BCUT2D eigenvalue weighted by Crippen LogP contribution is -2.54. The third kappa shape index (κ3) is 1.11. The topological polar surface area (TPSA) is 93.1 Å². The largest absolute Gasteiger partial charge is 0.481 e. The van der Waals surface area contributed by atoms with Crippen molar-refractivity contribution in [2.24, 2.45) is 5.92 Å². The monoisotopic (exact) mass is 202 g/mol. The fraction of sp³-hybridized carbons (Fsp3) is 0.750. The van der Waals surface area contributed by atoms with E-state index in [2.05, 4.69) is 0 Å². The first kappa shape index (κ1) is 9.42. The predicted molar refractivity (Wildman–Crippen MR) is 41.6 cm³/mol. The summed E-state index contributed by atoms with van der Waals surface area (Å²) in [4.78, 5) is 21.8. The van der Waals surface area contributed by atoms with E-state index in [1.54, 1.807) is 0 Å². The SMILES string of the molecule is O=C(O)C1COC2CCC1(C(=O)O)O2. The minimum atomic E-state index is -1.57. The molecule has 6 heteroatoms. The average Bonchev–Trinajstić information content (AvgIpc) is 2.44. The van der Waals surface area contributed by atoms with E-state index in [1.165, 1.54) is 0 Å². The van der Waals surface area contributed by atoms with Crippen LogP contribution in [0.5, 0.6) is 0 Å². The van der Waals surface area contributed by atoms with Crippen molar-refractivity contribution in [1.82, 2.24) is 0 Å². The summed E-state index contributed by atoms with van der Waals surface area (Å²) in [5.41, 5.74) is -1.57. The van der Waals surface area contributed by atoms with Crippen molar-refractivity contribution >= 4 is 11.9 Å². The van der Waals surface area contributed by atoms with Crippen LogP contribution in [0.4, 0.5) is 0 Å². The highest BCUT2D eigenvalue weighted by molar-refractivity contribution is 5.86. The number of rotatable bonds is 2. The number of fused-ring (bicyclic) bond motifs is 2. The minimum absolute atomic E-state index is 0.0910. The Labute approximate surface area is 79.4 Å². The summed E-state index contributed by atoms with van der Waals surface area (Å²) in [6.07, 6.45) is 0.0850. The van der Waals surface area contributed by atoms with Gasteiger partial charge in [-0.05, 0) is 6.42 Å². The van der Waals surface area contributed by atoms with Crippen molar-refractivity contribution in [2.45, 2.75) is 24.7 Å². The Kier molecular flexibility index (Phi) is 1.97. The van der Waals surface area contributed by atoms with Crippen LogP contribution in [0.3, 0.4) is 0 Å². The molecule has 2 fully saturated rings. The molecule has 0 saturated carbocycles. The molecule has 2 heterocycles. The summed E-state index contributed by atoms with van der Waals surface area (Å²) in [6, 6.07) is 0. The van der Waals surface area contributed by atoms with E-state index >= 15 is 0 Å². The van der Waals surface area contributed by atoms with Crippen LogP contribution in [0.25, 0.3) is 0 Å². The Morgan fingerprint density at radius 3 is 2.64 bits per heavy atom. The second-order valence-corrected chi connectivity index (χ2v) is 3.50. The number of aliphatic carboxylic acids is 2. The number of carboxylic acid groups (broad SMARTS) is 2. The van der Waals surface area contributed by atoms with Gasteiger partial charge in [0.2, 0.25) is 0 Å². The van der Waals surface area contributed by atoms with Crippen LogP contribution in [0.1, 0.15) is 12.8 Å². The zero-order valence-electron chi connectivity index (χ0n) is 7.30. The van der Waals surface area contributed by atoms with Gasteiger partial charge in [0.1, 0.15) is 5.92 Å². The Morgan fingerprint density at radius 1 is 1.36 bits per heavy atom. The molecule has 2 N–H and O–H groups in total. The van der Waals surface area contributed by atoms with Crippen LogP contribution in [0, 0.1) is 5.92 Å². The van der Waals surface area contributed by atoms with E-state index in [0.29, 0.717) is 6.42 Å². The molecule has 0 aromatic carbocycles. The highest BCUT2D eigenvalue weighted by Gasteiger charge is 2.59. The second-order valence-electron chi connectivity index (χ2n) is 3.50. The molecule has 0 spiro atoms. The summed E-state index contributed by atoms with van der Waals surface area (Å²) in [7, 11) is 0. The van der Waals surface area contributed by atoms with Crippen LogP contribution in [-0.4, -0.2) is 40.6 Å². The van der Waals surface area contributed by atoms with Gasteiger partial charge in [-0.2, -0.15) is 0 Å². The standard InChI is InChI=1S/C8H10O6/c9-6(10)4-3-13-5-1-2-8(4,14-5)7(11)12/h4-5H,1-3H2,(H,9,10)(H,11,12). The molecule has 2 aliphatic heterocycles. The molecule has 14 heavy (non-hydrogen) atoms. The van der Waals surface area contributed by atoms with Crippen molar-refractivity contribution in [2.75, 3.05) is 6.61 Å². The summed E-state index contributed by atoms with van der Waals surface area (Å²) < 4.78 is 10.2. The van der Waals surface area contributed by atoms with E-state index in [0.717, 1.165) is 0 Å². The van der Waals surface area contributed by atoms with Crippen LogP contribution in [0.2, 0.25) is 0 Å². The van der Waals surface area contributed by atoms with E-state index in [4.69, 9.17) is 19.7 Å². The highest BCUT2D eigenvalue weighted by Crippen LogP contribution is 2.41. The molecule has 78 valence electrons. The molecule has 6 nitrogen and oxygen atoms in total. The van der Waals surface area contributed by atoms with Crippen molar-refractivity contribution in [3.05, 3.63) is 0 Å². The Morgan fingerprint density at radius 2 is 2.07 bits per heavy atom. The number of hydrogen-bond donors (Lipinski definition) is 2. The van der Waals surface area contributed by atoms with Gasteiger partial charge in [-0.25, -0.2) is 4.79 Å². The molecule has 2 saturated heterocycles. The lowest BCUT2D eigenvalue weighted by molar-refractivity contribution is -0.247. The Balaban J connectivity index is 2.33. The molecule has 2 aliphatic rings. The average molecular weight is 202 g/mol. The highest BCUT2D eigenvalue weighted by atomic mass is 16.7. The van der Waals surface area contributed by atoms with E-state index in [1.807, 2.05) is 0 Å². The molecule has 0 radical (unpaired) electrons. The van der Waals surface area contributed by atoms with Gasteiger partial charge < -0.3 is 19.7 Å². The molecule has 0 amide bonds.